The summed E-state index contributed by atoms with van der Waals surface area (Å²) in [6, 6.07) is 21.3. The van der Waals surface area contributed by atoms with Crippen molar-refractivity contribution in [1.29, 1.82) is 0 Å². The molecule has 0 heterocycles. The number of nitrogens with two attached hydrogens (primary N) is 1. The lowest BCUT2D eigenvalue weighted by Gasteiger charge is -2.12. The summed E-state index contributed by atoms with van der Waals surface area (Å²) in [5.74, 6) is 0. The molecule has 0 aliphatic heterocycles. The number of halogens is 1. The molecule has 3 N–H and O–H groups in total. The van der Waals surface area contributed by atoms with Gasteiger partial charge >= 0.3 is 0 Å². The first kappa shape index (κ1) is 14.6. The van der Waals surface area contributed by atoms with Gasteiger partial charge in [0.25, 0.3) is 0 Å². The first-order valence-corrected chi connectivity index (χ1v) is 7.41. The average molecular weight is 310 g/mol. The molecule has 3 aromatic carbocycles. The highest BCUT2D eigenvalue weighted by molar-refractivity contribution is 6.30. The lowest BCUT2D eigenvalue weighted by molar-refractivity contribution is 0.282. The van der Waals surface area contributed by atoms with Crippen molar-refractivity contribution in [2.75, 3.05) is 5.73 Å². The van der Waals surface area contributed by atoms with E-state index in [-0.39, 0.29) is 6.61 Å². The van der Waals surface area contributed by atoms with Crippen LogP contribution in [0.1, 0.15) is 5.56 Å². The maximum Gasteiger partial charge on any atom is 0.0687 e. The topological polar surface area (TPSA) is 46.2 Å². The lowest BCUT2D eigenvalue weighted by atomic mass is 9.95. The maximum atomic E-state index is 9.54. The predicted octanol–water partition coefficient (Wildman–Crippen LogP) is 4.75. The molecular weight excluding hydrogens is 294 g/mol. The van der Waals surface area contributed by atoms with E-state index >= 15 is 0 Å². The first-order valence-electron chi connectivity index (χ1n) is 7.03. The molecule has 3 rings (SSSR count). The van der Waals surface area contributed by atoms with Gasteiger partial charge in [-0.05, 0) is 46.5 Å². The largest absolute Gasteiger partial charge is 0.398 e. The Kier molecular flexibility index (Phi) is 4.14. The van der Waals surface area contributed by atoms with Crippen molar-refractivity contribution in [3.8, 4) is 22.3 Å². The number of anilines is 1. The Morgan fingerprint density at radius 2 is 1.59 bits per heavy atom. The molecule has 0 aliphatic rings. The van der Waals surface area contributed by atoms with Gasteiger partial charge in [-0.1, -0.05) is 54.1 Å². The molecule has 0 aromatic heterocycles. The summed E-state index contributed by atoms with van der Waals surface area (Å²) in [5, 5.41) is 10.2. The van der Waals surface area contributed by atoms with Gasteiger partial charge in [0.2, 0.25) is 0 Å². The fourth-order valence-electron chi connectivity index (χ4n) is 2.56. The quantitative estimate of drug-likeness (QED) is 0.686. The van der Waals surface area contributed by atoms with Crippen LogP contribution in [0.3, 0.4) is 0 Å². The zero-order valence-corrected chi connectivity index (χ0v) is 12.7. The van der Waals surface area contributed by atoms with Crippen molar-refractivity contribution >= 4 is 17.3 Å². The zero-order valence-electron chi connectivity index (χ0n) is 12.0. The first-order chi connectivity index (χ1) is 10.7. The summed E-state index contributed by atoms with van der Waals surface area (Å²) in [7, 11) is 0. The van der Waals surface area contributed by atoms with Crippen LogP contribution in [0.25, 0.3) is 22.3 Å². The second kappa shape index (κ2) is 6.22. The molecule has 0 saturated carbocycles. The second-order valence-electron chi connectivity index (χ2n) is 5.13. The van der Waals surface area contributed by atoms with Crippen molar-refractivity contribution in [3.63, 3.8) is 0 Å². The van der Waals surface area contributed by atoms with E-state index in [2.05, 4.69) is 0 Å². The smallest absolute Gasteiger partial charge is 0.0687 e. The number of benzene rings is 3. The van der Waals surface area contributed by atoms with E-state index in [1.807, 2.05) is 66.7 Å². The molecule has 22 heavy (non-hydrogen) atoms. The molecule has 0 radical (unpaired) electrons. The molecule has 0 saturated heterocycles. The predicted molar refractivity (Wildman–Crippen MR) is 92.7 cm³/mol. The highest BCUT2D eigenvalue weighted by Crippen LogP contribution is 2.33. The summed E-state index contributed by atoms with van der Waals surface area (Å²) < 4.78 is 0. The molecule has 2 nitrogen and oxygen atoms in total. The van der Waals surface area contributed by atoms with Crippen LogP contribution in [0.2, 0.25) is 5.02 Å². The van der Waals surface area contributed by atoms with E-state index < -0.39 is 0 Å². The van der Waals surface area contributed by atoms with Gasteiger partial charge in [-0.3, -0.25) is 0 Å². The second-order valence-corrected chi connectivity index (χ2v) is 5.56. The zero-order chi connectivity index (χ0) is 15.5. The summed E-state index contributed by atoms with van der Waals surface area (Å²) in [4.78, 5) is 0. The molecule has 3 aromatic rings. The van der Waals surface area contributed by atoms with Gasteiger partial charge in [-0.25, -0.2) is 0 Å². The summed E-state index contributed by atoms with van der Waals surface area (Å²) in [6.45, 7) is -0.0169. The molecule has 110 valence electrons. The van der Waals surface area contributed by atoms with Crippen LogP contribution in [0, 0.1) is 0 Å². The van der Waals surface area contributed by atoms with Gasteiger partial charge in [0, 0.05) is 16.3 Å². The Morgan fingerprint density at radius 1 is 0.818 bits per heavy atom. The number of hydrogen-bond donors (Lipinski definition) is 2. The Hall–Kier alpha value is -2.29. The standard InChI is InChI=1S/C19H16ClNO/c20-16-6-3-5-13(10-16)14-8-9-19(21)18(11-14)17-7-2-1-4-15(17)12-22/h1-11,22H,12,21H2. The molecule has 0 spiro atoms. The molecule has 0 amide bonds. The fourth-order valence-corrected chi connectivity index (χ4v) is 2.75. The van der Waals surface area contributed by atoms with Crippen molar-refractivity contribution in [3.05, 3.63) is 77.3 Å². The fraction of sp³-hybridized carbons (Fsp3) is 0.0526. The summed E-state index contributed by atoms with van der Waals surface area (Å²) in [6.07, 6.45) is 0. The van der Waals surface area contributed by atoms with E-state index in [1.165, 1.54) is 0 Å². The molecule has 0 atom stereocenters. The molecule has 3 heteroatoms. The van der Waals surface area contributed by atoms with Crippen molar-refractivity contribution in [2.45, 2.75) is 6.61 Å². The minimum absolute atomic E-state index is 0.0169. The van der Waals surface area contributed by atoms with Gasteiger partial charge in [0.15, 0.2) is 0 Å². The third-order valence-electron chi connectivity index (χ3n) is 3.69. The summed E-state index contributed by atoms with van der Waals surface area (Å²) >= 11 is 6.07. The minimum Gasteiger partial charge on any atom is -0.398 e. The van der Waals surface area contributed by atoms with Crippen LogP contribution in [0.4, 0.5) is 5.69 Å². The summed E-state index contributed by atoms with van der Waals surface area (Å²) in [5.41, 5.74) is 11.6. The highest BCUT2D eigenvalue weighted by Gasteiger charge is 2.09. The van der Waals surface area contributed by atoms with E-state index in [1.54, 1.807) is 0 Å². The van der Waals surface area contributed by atoms with Gasteiger partial charge in [0.1, 0.15) is 0 Å². The Morgan fingerprint density at radius 3 is 2.36 bits per heavy atom. The van der Waals surface area contributed by atoms with Gasteiger partial charge in [-0.15, -0.1) is 0 Å². The van der Waals surface area contributed by atoms with E-state index in [4.69, 9.17) is 17.3 Å². The van der Waals surface area contributed by atoms with Crippen LogP contribution >= 0.6 is 11.6 Å². The number of aliphatic hydroxyl groups excluding tert-OH is 1. The number of hydrogen-bond acceptors (Lipinski definition) is 2. The van der Waals surface area contributed by atoms with Crippen molar-refractivity contribution in [2.24, 2.45) is 0 Å². The normalized spacial score (nSPS) is 10.6. The monoisotopic (exact) mass is 309 g/mol. The Bertz CT molecular complexity index is 814. The Labute approximate surface area is 134 Å². The van der Waals surface area contributed by atoms with Crippen LogP contribution < -0.4 is 5.73 Å². The molecule has 0 unspecified atom stereocenters. The SMILES string of the molecule is Nc1ccc(-c2cccc(Cl)c2)cc1-c1ccccc1CO. The van der Waals surface area contributed by atoms with E-state index in [9.17, 15) is 5.11 Å². The van der Waals surface area contributed by atoms with Crippen LogP contribution in [-0.4, -0.2) is 5.11 Å². The van der Waals surface area contributed by atoms with E-state index in [0.29, 0.717) is 10.7 Å². The average Bonchev–Trinajstić information content (AvgIpc) is 2.55. The van der Waals surface area contributed by atoms with Gasteiger partial charge in [-0.2, -0.15) is 0 Å². The number of nitrogen functional groups attached to an aromatic ring is 1. The highest BCUT2D eigenvalue weighted by atomic mass is 35.5. The van der Waals surface area contributed by atoms with Crippen LogP contribution in [0.5, 0.6) is 0 Å². The van der Waals surface area contributed by atoms with Crippen LogP contribution in [0.15, 0.2) is 66.7 Å². The Balaban J connectivity index is 2.15. The van der Waals surface area contributed by atoms with Gasteiger partial charge < -0.3 is 10.8 Å². The third-order valence-corrected chi connectivity index (χ3v) is 3.92. The molecule has 0 aliphatic carbocycles. The lowest BCUT2D eigenvalue weighted by Crippen LogP contribution is -1.95. The molecular formula is C19H16ClNO. The number of aliphatic hydroxyl groups is 1. The van der Waals surface area contributed by atoms with Crippen molar-refractivity contribution in [1.82, 2.24) is 0 Å². The molecule has 0 fully saturated rings. The molecule has 0 bridgehead atoms. The van der Waals surface area contributed by atoms with E-state index in [0.717, 1.165) is 27.8 Å². The minimum atomic E-state index is -0.0169. The maximum absolute atomic E-state index is 9.54. The van der Waals surface area contributed by atoms with Crippen molar-refractivity contribution < 1.29 is 5.11 Å². The number of rotatable bonds is 3. The van der Waals surface area contributed by atoms with Gasteiger partial charge in [0.05, 0.1) is 6.61 Å². The third kappa shape index (κ3) is 2.84. The van der Waals surface area contributed by atoms with Crippen LogP contribution in [-0.2, 0) is 6.61 Å².